The lowest BCUT2D eigenvalue weighted by atomic mass is 9.96. The Labute approximate surface area is 226 Å². The van der Waals surface area contributed by atoms with Gasteiger partial charge in [-0.05, 0) is 63.8 Å². The van der Waals surface area contributed by atoms with E-state index in [-0.39, 0.29) is 30.6 Å². The molecule has 0 radical (unpaired) electrons. The molecule has 2 fully saturated rings. The number of hydrogen-bond acceptors (Lipinski definition) is 6. The van der Waals surface area contributed by atoms with Crippen molar-refractivity contribution >= 4 is 44.9 Å². The van der Waals surface area contributed by atoms with E-state index >= 15 is 4.39 Å². The van der Waals surface area contributed by atoms with Gasteiger partial charge in [-0.1, -0.05) is 35.3 Å². The third kappa shape index (κ3) is 4.74. The van der Waals surface area contributed by atoms with E-state index in [9.17, 15) is 18.0 Å². The number of hydrogen-bond donors (Lipinski definition) is 1. The van der Waals surface area contributed by atoms with Crippen LogP contribution in [0.15, 0.2) is 47.4 Å². The number of likely N-dealkylation sites (N-methyl/N-ethyl adjacent to an activating group) is 1. The second kappa shape index (κ2) is 10.1. The minimum absolute atomic E-state index is 0.0163. The zero-order chi connectivity index (χ0) is 27.3. The molecule has 1 N–H and O–H groups in total. The molecule has 2 aromatic rings. The Balaban J connectivity index is 1.95. The second-order valence-corrected chi connectivity index (χ2v) is 12.8. The van der Waals surface area contributed by atoms with E-state index in [1.165, 1.54) is 11.0 Å². The lowest BCUT2D eigenvalue weighted by molar-refractivity contribution is -0.169. The van der Waals surface area contributed by atoms with Crippen molar-refractivity contribution in [2.24, 2.45) is 0 Å². The van der Waals surface area contributed by atoms with E-state index in [1.54, 1.807) is 57.1 Å². The second-order valence-electron chi connectivity index (χ2n) is 9.84. The predicted octanol–water partition coefficient (Wildman–Crippen LogP) is 2.78. The predicted molar refractivity (Wildman–Crippen MR) is 139 cm³/mol. The molecule has 2 aliphatic rings. The van der Waals surface area contributed by atoms with Crippen molar-refractivity contribution in [1.29, 1.82) is 0 Å². The fourth-order valence-corrected chi connectivity index (χ4v) is 7.34. The molecule has 2 amide bonds. The van der Waals surface area contributed by atoms with Crippen LogP contribution in [0.3, 0.4) is 0 Å². The number of piperazine rings is 1. The molecule has 12 heteroatoms. The number of nitrogens with one attached hydrogen (secondary N) is 1. The van der Waals surface area contributed by atoms with Gasteiger partial charge in [0.25, 0.3) is 0 Å². The van der Waals surface area contributed by atoms with Crippen LogP contribution in [0.1, 0.15) is 19.4 Å². The Kier molecular flexibility index (Phi) is 7.62. The van der Waals surface area contributed by atoms with Crippen LogP contribution in [-0.2, 0) is 25.8 Å². The van der Waals surface area contributed by atoms with Crippen LogP contribution >= 0.6 is 23.2 Å². The van der Waals surface area contributed by atoms with Crippen LogP contribution in [0.5, 0.6) is 0 Å². The van der Waals surface area contributed by atoms with E-state index in [4.69, 9.17) is 23.2 Å². The Bertz CT molecular complexity index is 1320. The summed E-state index contributed by atoms with van der Waals surface area (Å²) in [6, 6.07) is 7.74. The maximum atomic E-state index is 15.0. The largest absolute Gasteiger partial charge is 0.334 e. The number of fused-ring (bicyclic) bond motifs is 1. The van der Waals surface area contributed by atoms with Crippen LogP contribution < -0.4 is 5.32 Å². The standard InChI is InChI=1S/C25H29Cl2FN4O4S/c1-15(2)31-14-25(37(35,36)22-12-18(27)9-10-19(22)28)29-13-21(30(3)4)24(34)32(25)20(23(31)33)11-16-5-7-17(26)8-6-16/h5-10,12,15,20-21,29H,11,13-14H2,1-4H3. The maximum Gasteiger partial charge on any atom is 0.246 e. The van der Waals surface area contributed by atoms with Crippen molar-refractivity contribution in [2.45, 2.75) is 48.3 Å². The molecule has 0 saturated carbocycles. The number of sulfone groups is 1. The van der Waals surface area contributed by atoms with Crippen LogP contribution in [0.25, 0.3) is 0 Å². The van der Waals surface area contributed by atoms with Crippen LogP contribution in [0.4, 0.5) is 4.39 Å². The number of amides is 2. The van der Waals surface area contributed by atoms with Gasteiger partial charge in [0.2, 0.25) is 26.6 Å². The zero-order valence-corrected chi connectivity index (χ0v) is 23.2. The summed E-state index contributed by atoms with van der Waals surface area (Å²) in [4.78, 5) is 29.2. The number of carbonyl (C=O) groups excluding carboxylic acids is 2. The molecule has 2 aliphatic heterocycles. The molecule has 8 nitrogen and oxygen atoms in total. The van der Waals surface area contributed by atoms with Gasteiger partial charge in [0.1, 0.15) is 22.8 Å². The highest BCUT2D eigenvalue weighted by molar-refractivity contribution is 7.92. The van der Waals surface area contributed by atoms with Gasteiger partial charge in [0.05, 0.1) is 6.54 Å². The third-order valence-electron chi connectivity index (χ3n) is 6.96. The summed E-state index contributed by atoms with van der Waals surface area (Å²) < 4.78 is 43.7. The van der Waals surface area contributed by atoms with Crippen LogP contribution in [0.2, 0.25) is 10.0 Å². The molecule has 0 aliphatic carbocycles. The van der Waals surface area contributed by atoms with Gasteiger partial charge >= 0.3 is 0 Å². The molecule has 0 bridgehead atoms. The van der Waals surface area contributed by atoms with Crippen molar-refractivity contribution < 1.29 is 22.4 Å². The Hall–Kier alpha value is -2.24. The fourth-order valence-electron chi connectivity index (χ4n) is 4.95. The number of benzene rings is 2. The Morgan fingerprint density at radius 1 is 1.08 bits per heavy atom. The number of halogens is 3. The molecule has 37 heavy (non-hydrogen) atoms. The molecule has 0 spiro atoms. The van der Waals surface area contributed by atoms with Gasteiger partial charge in [0.15, 0.2) is 0 Å². The number of nitrogens with zero attached hydrogens (tertiary/aromatic N) is 3. The summed E-state index contributed by atoms with van der Waals surface area (Å²) in [5.74, 6) is -1.92. The van der Waals surface area contributed by atoms with Crippen molar-refractivity contribution in [3.05, 3.63) is 63.9 Å². The first-order chi connectivity index (χ1) is 17.3. The SMILES string of the molecule is CC(C)N1CC2(S(=O)(=O)c3cc(Cl)ccc3F)NCC(N(C)C)C(=O)N2C(Cc2ccc(Cl)cc2)C1=O. The van der Waals surface area contributed by atoms with E-state index in [1.807, 2.05) is 0 Å². The lowest BCUT2D eigenvalue weighted by Crippen LogP contribution is -2.83. The first-order valence-corrected chi connectivity index (χ1v) is 14.0. The van der Waals surface area contributed by atoms with Gasteiger partial charge in [0, 0.05) is 29.1 Å². The summed E-state index contributed by atoms with van der Waals surface area (Å²) in [6.07, 6.45) is 0.0437. The molecule has 2 heterocycles. The minimum atomic E-state index is -4.64. The summed E-state index contributed by atoms with van der Waals surface area (Å²) in [5, 5.41) is 3.59. The van der Waals surface area contributed by atoms with Gasteiger partial charge in [-0.15, -0.1) is 0 Å². The zero-order valence-electron chi connectivity index (χ0n) is 20.9. The van der Waals surface area contributed by atoms with Gasteiger partial charge in [-0.3, -0.25) is 24.7 Å². The summed E-state index contributed by atoms with van der Waals surface area (Å²) in [6.45, 7) is 3.14. The molecule has 4 rings (SSSR count). The maximum absolute atomic E-state index is 15.0. The van der Waals surface area contributed by atoms with E-state index in [0.717, 1.165) is 17.0 Å². The topological polar surface area (TPSA) is 90.0 Å². The smallest absolute Gasteiger partial charge is 0.246 e. The van der Waals surface area contributed by atoms with Crippen molar-refractivity contribution in [2.75, 3.05) is 27.2 Å². The molecular weight excluding hydrogens is 542 g/mol. The van der Waals surface area contributed by atoms with Crippen molar-refractivity contribution in [3.8, 4) is 0 Å². The first kappa shape index (κ1) is 27.8. The van der Waals surface area contributed by atoms with Gasteiger partial charge in [-0.2, -0.15) is 0 Å². The molecule has 3 atom stereocenters. The number of rotatable bonds is 6. The average Bonchev–Trinajstić information content (AvgIpc) is 2.83. The van der Waals surface area contributed by atoms with Gasteiger partial charge in [-0.25, -0.2) is 12.8 Å². The molecule has 2 aromatic carbocycles. The highest BCUT2D eigenvalue weighted by Gasteiger charge is 2.63. The number of carbonyl (C=O) groups is 2. The third-order valence-corrected chi connectivity index (χ3v) is 9.70. The minimum Gasteiger partial charge on any atom is -0.334 e. The highest BCUT2D eigenvalue weighted by Crippen LogP contribution is 2.40. The average molecular weight is 572 g/mol. The molecule has 3 unspecified atom stereocenters. The van der Waals surface area contributed by atoms with E-state index in [0.29, 0.717) is 10.6 Å². The fraction of sp³-hybridized carbons (Fsp3) is 0.440. The summed E-state index contributed by atoms with van der Waals surface area (Å²) >= 11 is 12.1. The molecule has 0 aromatic heterocycles. The quantitative estimate of drug-likeness (QED) is 0.574. The summed E-state index contributed by atoms with van der Waals surface area (Å²) in [7, 11) is -1.25. The molecule has 200 valence electrons. The Morgan fingerprint density at radius 2 is 1.70 bits per heavy atom. The first-order valence-electron chi connectivity index (χ1n) is 11.8. The lowest BCUT2D eigenvalue weighted by Gasteiger charge is -2.57. The highest BCUT2D eigenvalue weighted by atomic mass is 35.5. The Morgan fingerprint density at radius 3 is 2.30 bits per heavy atom. The monoisotopic (exact) mass is 570 g/mol. The van der Waals surface area contributed by atoms with Crippen molar-refractivity contribution in [3.63, 3.8) is 0 Å². The van der Waals surface area contributed by atoms with E-state index in [2.05, 4.69) is 5.32 Å². The normalized spacial score (nSPS) is 24.7. The van der Waals surface area contributed by atoms with Gasteiger partial charge < -0.3 is 4.90 Å². The summed E-state index contributed by atoms with van der Waals surface area (Å²) in [5.41, 5.74) is 0.688. The van der Waals surface area contributed by atoms with E-state index < -0.39 is 49.4 Å². The molecular formula is C25H29Cl2FN4O4S. The molecule has 2 saturated heterocycles. The van der Waals surface area contributed by atoms with Crippen LogP contribution in [0, 0.1) is 5.82 Å². The van der Waals surface area contributed by atoms with Crippen molar-refractivity contribution in [1.82, 2.24) is 20.0 Å². The van der Waals surface area contributed by atoms with Crippen LogP contribution in [-0.4, -0.2) is 85.2 Å².